The Morgan fingerprint density at radius 1 is 1.21 bits per heavy atom. The number of methoxy groups -OCH3 is 1. The number of aliphatic imine (C=N–C) groups is 1. The van der Waals surface area contributed by atoms with Crippen LogP contribution in [0.15, 0.2) is 29.0 Å². The van der Waals surface area contributed by atoms with Crippen molar-refractivity contribution in [3.05, 3.63) is 35.1 Å². The lowest BCUT2D eigenvalue weighted by molar-refractivity contribution is -0.165. The average molecular weight is 804 g/mol. The molecule has 2 aliphatic rings. The number of aliphatic carboxylic acids is 1. The number of nitrogens with zero attached hydrogens (tertiary/aromatic N) is 5. The Balaban J connectivity index is 1.93. The summed E-state index contributed by atoms with van der Waals surface area (Å²) in [5, 5.41) is 39.8. The number of carboxylic acids is 1. The van der Waals surface area contributed by atoms with Crippen LogP contribution in [0.1, 0.15) is 64.0 Å². The molecule has 20 heteroatoms. The molecule has 9 N–H and O–H groups in total. The number of nitrogens with one attached hydrogen (secondary N) is 2. The van der Waals surface area contributed by atoms with Gasteiger partial charge in [0.05, 0.1) is 31.8 Å². The molecule has 0 radical (unpaired) electrons. The van der Waals surface area contributed by atoms with Crippen LogP contribution in [0.2, 0.25) is 0 Å². The molecule has 5 amide bonds. The van der Waals surface area contributed by atoms with E-state index in [9.17, 15) is 44.1 Å². The smallest absolute Gasteiger partial charge is 0.414 e. The first-order valence-electron chi connectivity index (χ1n) is 18.5. The zero-order chi connectivity index (χ0) is 42.8. The maximum Gasteiger partial charge on any atom is 0.414 e. The van der Waals surface area contributed by atoms with Gasteiger partial charge in [-0.2, -0.15) is 0 Å². The molecular weight excluding hydrogens is 746 g/mol. The van der Waals surface area contributed by atoms with Crippen molar-refractivity contribution < 1.29 is 53.6 Å². The molecule has 3 rings (SSSR count). The van der Waals surface area contributed by atoms with Crippen molar-refractivity contribution in [2.45, 2.75) is 88.9 Å². The Hall–Kier alpha value is -5.63. The van der Waals surface area contributed by atoms with E-state index in [1.165, 1.54) is 21.1 Å². The number of carbonyl (C=O) groups excluding carboxylic acids is 5. The minimum absolute atomic E-state index is 0.0407. The average Bonchev–Trinajstić information content (AvgIpc) is 3.15. The number of piperidine rings is 1. The van der Waals surface area contributed by atoms with E-state index in [2.05, 4.69) is 15.6 Å². The number of guanidine groups is 1. The molecule has 0 spiro atoms. The van der Waals surface area contributed by atoms with Crippen molar-refractivity contribution in [3.63, 3.8) is 0 Å². The molecule has 1 aliphatic heterocycles. The van der Waals surface area contributed by atoms with Crippen LogP contribution in [0.25, 0.3) is 0 Å². The Kier molecular flexibility index (Phi) is 15.6. The molecule has 1 aromatic rings. The molecule has 1 saturated heterocycles. The number of aryl methyl sites for hydroxylation is 1. The number of aromatic hydroxyl groups is 1. The highest BCUT2D eigenvalue weighted by atomic mass is 16.6. The summed E-state index contributed by atoms with van der Waals surface area (Å²) in [4.78, 5) is 83.1. The number of hydrazine groups is 1. The third kappa shape index (κ3) is 10.6. The summed E-state index contributed by atoms with van der Waals surface area (Å²) < 4.78 is 11.4. The van der Waals surface area contributed by atoms with E-state index in [0.29, 0.717) is 29.1 Å². The van der Waals surface area contributed by atoms with E-state index in [1.54, 1.807) is 25.1 Å². The number of ether oxygens (including phenoxy) is 2. The number of benzene rings is 1. The molecule has 5 atom stereocenters. The van der Waals surface area contributed by atoms with Gasteiger partial charge in [0.2, 0.25) is 18.2 Å². The topological polar surface area (TPSA) is 283 Å². The van der Waals surface area contributed by atoms with Gasteiger partial charge in [-0.15, -0.1) is 0 Å². The van der Waals surface area contributed by atoms with Gasteiger partial charge in [0, 0.05) is 50.4 Å². The minimum Gasteiger partial charge on any atom is -0.504 e. The highest BCUT2D eigenvalue weighted by Gasteiger charge is 2.61. The maximum atomic E-state index is 14.1. The fraction of sp³-hybridized carbons (Fsp3) is 0.595. The third-order valence-electron chi connectivity index (χ3n) is 10.9. The number of allylic oxidation sites excluding steroid dienone is 1. The molecular formula is C37H57N9O11. The van der Waals surface area contributed by atoms with Crippen LogP contribution in [0.3, 0.4) is 0 Å². The first-order chi connectivity index (χ1) is 26.7. The third-order valence-corrected chi connectivity index (χ3v) is 10.9. The number of aliphatic hydroxyl groups is 1. The Morgan fingerprint density at radius 2 is 1.89 bits per heavy atom. The van der Waals surface area contributed by atoms with Gasteiger partial charge < -0.3 is 56.7 Å². The second kappa shape index (κ2) is 19.5. The monoisotopic (exact) mass is 803 g/mol. The molecule has 57 heavy (non-hydrogen) atoms. The van der Waals surface area contributed by atoms with Crippen molar-refractivity contribution in [2.75, 3.05) is 53.9 Å². The van der Waals surface area contributed by atoms with Gasteiger partial charge >= 0.3 is 12.1 Å². The Morgan fingerprint density at radius 3 is 2.49 bits per heavy atom. The molecule has 0 saturated carbocycles. The highest BCUT2D eigenvalue weighted by molar-refractivity contribution is 5.90. The molecule has 316 valence electrons. The van der Waals surface area contributed by atoms with Gasteiger partial charge in [0.15, 0.2) is 17.5 Å². The van der Waals surface area contributed by atoms with Crippen LogP contribution in [0.4, 0.5) is 4.79 Å². The molecule has 1 aromatic carbocycles. The Labute approximate surface area is 331 Å². The van der Waals surface area contributed by atoms with Crippen molar-refractivity contribution in [1.82, 2.24) is 30.5 Å². The first kappa shape index (κ1) is 45.8. The molecule has 0 bridgehead atoms. The summed E-state index contributed by atoms with van der Waals surface area (Å²) in [7, 11) is 4.74. The largest absolute Gasteiger partial charge is 0.504 e. The van der Waals surface area contributed by atoms with Crippen LogP contribution < -0.4 is 26.8 Å². The lowest BCUT2D eigenvalue weighted by Crippen LogP contribution is -2.68. The summed E-state index contributed by atoms with van der Waals surface area (Å²) >= 11 is 0. The number of hydrogen-bond donors (Lipinski definition) is 7. The predicted molar refractivity (Wildman–Crippen MR) is 206 cm³/mol. The maximum absolute atomic E-state index is 14.1. The zero-order valence-corrected chi connectivity index (χ0v) is 33.6. The molecule has 1 heterocycles. The first-order valence-corrected chi connectivity index (χ1v) is 18.5. The summed E-state index contributed by atoms with van der Waals surface area (Å²) in [6.45, 7) is 5.30. The molecule has 1 fully saturated rings. The number of phenols is 1. The summed E-state index contributed by atoms with van der Waals surface area (Å²) in [6.07, 6.45) is 1.58. The molecule has 1 aliphatic carbocycles. The number of hydrogen-bond acceptors (Lipinski definition) is 12. The van der Waals surface area contributed by atoms with Gasteiger partial charge in [-0.25, -0.2) is 14.8 Å². The van der Waals surface area contributed by atoms with E-state index in [0.717, 1.165) is 9.91 Å². The fourth-order valence-electron chi connectivity index (χ4n) is 7.50. The second-order valence-corrected chi connectivity index (χ2v) is 14.6. The number of amides is 5. The fourth-order valence-corrected chi connectivity index (χ4v) is 7.50. The van der Waals surface area contributed by atoms with Crippen LogP contribution >= 0.6 is 0 Å². The quantitative estimate of drug-likeness (QED) is 0.0324. The predicted octanol–water partition coefficient (Wildman–Crippen LogP) is -0.502. The van der Waals surface area contributed by atoms with Crippen molar-refractivity contribution in [2.24, 2.45) is 16.5 Å². The lowest BCUT2D eigenvalue weighted by Gasteiger charge is -2.59. The van der Waals surface area contributed by atoms with Crippen LogP contribution in [0, 0.1) is 6.92 Å². The van der Waals surface area contributed by atoms with Gasteiger partial charge in [-0.3, -0.25) is 29.0 Å². The van der Waals surface area contributed by atoms with E-state index in [4.69, 9.17) is 20.9 Å². The Bertz CT molecular complexity index is 1740. The number of carboxylic acid groups (broad SMARTS) is 1. The minimum atomic E-state index is -1.45. The summed E-state index contributed by atoms with van der Waals surface area (Å²) in [5.74, 6) is -3.42. The van der Waals surface area contributed by atoms with Crippen LogP contribution in [-0.2, 0) is 34.1 Å². The number of nitrogens with two attached hydrogens (primary N) is 2. The molecule has 0 aromatic heterocycles. The van der Waals surface area contributed by atoms with Crippen LogP contribution in [-0.4, -0.2) is 155 Å². The van der Waals surface area contributed by atoms with Crippen molar-refractivity contribution >= 4 is 42.2 Å². The highest BCUT2D eigenvalue weighted by Crippen LogP contribution is 2.57. The second-order valence-electron chi connectivity index (χ2n) is 14.6. The van der Waals surface area contributed by atoms with E-state index >= 15 is 0 Å². The van der Waals surface area contributed by atoms with Gasteiger partial charge in [-0.05, 0) is 71.3 Å². The normalized spacial score (nSPS) is 21.3. The summed E-state index contributed by atoms with van der Waals surface area (Å²) in [6, 6.07) is 0.834. The number of likely N-dealkylation sites (N-methyl/N-ethyl adjacent to an activating group) is 2. The number of phenolic OH excluding ortho intramolecular Hbond substituents is 1. The van der Waals surface area contributed by atoms with Gasteiger partial charge in [-0.1, -0.05) is 6.07 Å². The standard InChI is InChI=1S/C37H57N9O11/c1-22-10-11-28(56-7)32(52)31(22)36-14-16-43(5)24(3)37(36,55)13-12-26(17-36)57-35(54)44(6)23(2)19-46(45(21-47)20-30(50)51)33(53)27(9-8-15-40-34(38)39)42-29(49)18-41-25(4)48/h10-12,21,23-24,27,52,55H,8-9,13-20H2,1-7H3,(H,41,48)(H,42,49)(H,50,51)(H4,38,39,40)/t23?,24?,27?,36-,37?/m1/s1. The van der Waals surface area contributed by atoms with E-state index in [1.807, 2.05) is 25.8 Å². The van der Waals surface area contributed by atoms with Gasteiger partial charge in [0.25, 0.3) is 5.91 Å². The lowest BCUT2D eigenvalue weighted by atomic mass is 9.54. The molecule has 4 unspecified atom stereocenters. The number of carbonyl (C=O) groups is 6. The van der Waals surface area contributed by atoms with Gasteiger partial charge in [0.1, 0.15) is 18.3 Å². The van der Waals surface area contributed by atoms with Crippen LogP contribution in [0.5, 0.6) is 11.5 Å². The zero-order valence-electron chi connectivity index (χ0n) is 33.6. The van der Waals surface area contributed by atoms with E-state index in [-0.39, 0.29) is 67.9 Å². The number of rotatable bonds is 18. The van der Waals surface area contributed by atoms with Crippen molar-refractivity contribution in [3.8, 4) is 11.5 Å². The SMILES string of the molecule is COc1ccc(C)c([C@]23CCN(C)C(C)C2(O)CC=C(OC(=O)N(C)C(C)CN(C(=O)C(CCCN=C(N)N)NC(=O)CNC(C)=O)N(C=O)CC(=O)O)C3)c1O. The summed E-state index contributed by atoms with van der Waals surface area (Å²) in [5.41, 5.74) is 9.54. The molecule has 20 nitrogen and oxygen atoms in total. The van der Waals surface area contributed by atoms with Crippen molar-refractivity contribution in [1.29, 1.82) is 0 Å². The number of likely N-dealkylation sites (tertiary alicyclic amines) is 1. The van der Waals surface area contributed by atoms with E-state index < -0.39 is 72.5 Å². The number of fused-ring (bicyclic) bond motifs is 1.